The molecule has 0 radical (unpaired) electrons. The van der Waals surface area contributed by atoms with Crippen molar-refractivity contribution < 1.29 is 18.3 Å². The van der Waals surface area contributed by atoms with Crippen molar-refractivity contribution in [2.24, 2.45) is 0 Å². The van der Waals surface area contributed by atoms with E-state index in [2.05, 4.69) is 9.97 Å². The highest BCUT2D eigenvalue weighted by atomic mass is 19.4. The first kappa shape index (κ1) is 14.3. The summed E-state index contributed by atoms with van der Waals surface area (Å²) in [6.07, 6.45) is 1.58. The molecule has 1 saturated heterocycles. The van der Waals surface area contributed by atoms with Gasteiger partial charge in [0.1, 0.15) is 0 Å². The second kappa shape index (κ2) is 4.96. The van der Waals surface area contributed by atoms with Crippen LogP contribution in [0.25, 0.3) is 5.65 Å². The van der Waals surface area contributed by atoms with E-state index in [9.17, 15) is 18.3 Å². The van der Waals surface area contributed by atoms with Crippen LogP contribution in [0.15, 0.2) is 24.8 Å². The first-order valence-electron chi connectivity index (χ1n) is 6.66. The Morgan fingerprint density at radius 3 is 2.62 bits per heavy atom. The second-order valence-electron chi connectivity index (χ2n) is 5.36. The average Bonchev–Trinajstić information content (AvgIpc) is 2.84. The van der Waals surface area contributed by atoms with Crippen LogP contribution >= 0.6 is 0 Å². The number of piperidine rings is 1. The van der Waals surface area contributed by atoms with Gasteiger partial charge in [-0.25, -0.2) is 4.98 Å². The zero-order valence-corrected chi connectivity index (χ0v) is 11.2. The molecule has 1 aliphatic heterocycles. The van der Waals surface area contributed by atoms with Crippen LogP contribution < -0.4 is 0 Å². The molecule has 0 unspecified atom stereocenters. The van der Waals surface area contributed by atoms with Gasteiger partial charge in [-0.3, -0.25) is 14.3 Å². The molecular formula is C13H15F3N4O. The highest BCUT2D eigenvalue weighted by Gasteiger charge is 2.54. The summed E-state index contributed by atoms with van der Waals surface area (Å²) in [5, 5.41) is 9.65. The largest absolute Gasteiger partial charge is 0.417 e. The van der Waals surface area contributed by atoms with Crippen molar-refractivity contribution in [2.45, 2.75) is 31.2 Å². The fourth-order valence-corrected chi connectivity index (χ4v) is 2.61. The van der Waals surface area contributed by atoms with Gasteiger partial charge in [0.15, 0.2) is 11.2 Å². The summed E-state index contributed by atoms with van der Waals surface area (Å²) in [6.45, 7) is 0.905. The summed E-state index contributed by atoms with van der Waals surface area (Å²) in [6, 6.07) is 0. The summed E-state index contributed by atoms with van der Waals surface area (Å²) in [5.74, 6) is 0. The van der Waals surface area contributed by atoms with Crippen molar-refractivity contribution in [1.29, 1.82) is 0 Å². The Labute approximate surface area is 119 Å². The standard InChI is InChI=1S/C13H15F3N4O/c14-13(15,16)12(21)1-4-19(5-2-12)9-10-7-18-11-8-17-3-6-20(10)11/h3,6-8,21H,1-2,4-5,9H2. The van der Waals surface area contributed by atoms with E-state index in [-0.39, 0.29) is 25.9 Å². The number of halogens is 3. The Morgan fingerprint density at radius 1 is 1.24 bits per heavy atom. The lowest BCUT2D eigenvalue weighted by Gasteiger charge is -2.38. The third-order valence-electron chi connectivity index (χ3n) is 3.99. The molecule has 2 aromatic rings. The minimum absolute atomic E-state index is 0.203. The number of alkyl halides is 3. The minimum atomic E-state index is -4.56. The fourth-order valence-electron chi connectivity index (χ4n) is 2.61. The molecule has 0 saturated carbocycles. The molecule has 5 nitrogen and oxygen atoms in total. The summed E-state index contributed by atoms with van der Waals surface area (Å²) >= 11 is 0. The third-order valence-corrected chi connectivity index (χ3v) is 3.99. The molecule has 2 aromatic heterocycles. The minimum Gasteiger partial charge on any atom is -0.380 e. The van der Waals surface area contributed by atoms with Crippen LogP contribution in [-0.2, 0) is 6.54 Å². The number of likely N-dealkylation sites (tertiary alicyclic amines) is 1. The molecule has 0 atom stereocenters. The molecule has 3 rings (SSSR count). The topological polar surface area (TPSA) is 53.7 Å². The molecule has 8 heteroatoms. The predicted octanol–water partition coefficient (Wildman–Crippen LogP) is 1.62. The normalized spacial score (nSPS) is 20.0. The van der Waals surface area contributed by atoms with Gasteiger partial charge in [-0.15, -0.1) is 0 Å². The van der Waals surface area contributed by atoms with Crippen molar-refractivity contribution in [1.82, 2.24) is 19.3 Å². The molecule has 21 heavy (non-hydrogen) atoms. The molecule has 114 valence electrons. The number of hydrogen-bond donors (Lipinski definition) is 1. The Bertz CT molecular complexity index is 632. The predicted molar refractivity (Wildman–Crippen MR) is 68.5 cm³/mol. The number of nitrogens with zero attached hydrogens (tertiary/aromatic N) is 4. The van der Waals surface area contributed by atoms with E-state index < -0.39 is 11.8 Å². The summed E-state index contributed by atoms with van der Waals surface area (Å²) in [4.78, 5) is 10.1. The van der Waals surface area contributed by atoms with Crippen LogP contribution in [0.5, 0.6) is 0 Å². The molecule has 0 bridgehead atoms. The monoisotopic (exact) mass is 300 g/mol. The van der Waals surface area contributed by atoms with Gasteiger partial charge in [0, 0.05) is 32.0 Å². The van der Waals surface area contributed by atoms with Crippen LogP contribution in [0.4, 0.5) is 13.2 Å². The quantitative estimate of drug-likeness (QED) is 0.915. The van der Waals surface area contributed by atoms with Crippen molar-refractivity contribution in [3.05, 3.63) is 30.5 Å². The number of imidazole rings is 1. The highest BCUT2D eigenvalue weighted by Crippen LogP contribution is 2.38. The number of hydrogen-bond acceptors (Lipinski definition) is 4. The van der Waals surface area contributed by atoms with Crippen LogP contribution in [0.3, 0.4) is 0 Å². The maximum Gasteiger partial charge on any atom is 0.417 e. The van der Waals surface area contributed by atoms with Gasteiger partial charge in [0.05, 0.1) is 18.1 Å². The lowest BCUT2D eigenvalue weighted by molar-refractivity contribution is -0.272. The Balaban J connectivity index is 1.69. The lowest BCUT2D eigenvalue weighted by atomic mass is 9.91. The Morgan fingerprint density at radius 2 is 1.95 bits per heavy atom. The van der Waals surface area contributed by atoms with E-state index in [1.54, 1.807) is 24.8 Å². The van der Waals surface area contributed by atoms with Crippen LogP contribution in [-0.4, -0.2) is 49.2 Å². The molecule has 0 aromatic carbocycles. The molecule has 0 amide bonds. The number of aromatic nitrogens is 3. The Hall–Kier alpha value is -1.67. The van der Waals surface area contributed by atoms with Crippen LogP contribution in [0, 0.1) is 0 Å². The number of rotatable bonds is 2. The zero-order chi connectivity index (χ0) is 15.1. The van der Waals surface area contributed by atoms with Gasteiger partial charge >= 0.3 is 6.18 Å². The van der Waals surface area contributed by atoms with Gasteiger partial charge < -0.3 is 5.11 Å². The lowest BCUT2D eigenvalue weighted by Crippen LogP contribution is -2.53. The molecule has 3 heterocycles. The zero-order valence-electron chi connectivity index (χ0n) is 11.2. The molecule has 1 N–H and O–H groups in total. The van der Waals surface area contributed by atoms with Crippen molar-refractivity contribution in [3.8, 4) is 0 Å². The first-order chi connectivity index (χ1) is 9.89. The first-order valence-corrected chi connectivity index (χ1v) is 6.66. The number of fused-ring (bicyclic) bond motifs is 1. The summed E-state index contributed by atoms with van der Waals surface area (Å²) in [5.41, 5.74) is -0.950. The van der Waals surface area contributed by atoms with Gasteiger partial charge in [0.2, 0.25) is 0 Å². The van der Waals surface area contributed by atoms with E-state index >= 15 is 0 Å². The van der Waals surface area contributed by atoms with E-state index in [1.165, 1.54) is 0 Å². The van der Waals surface area contributed by atoms with Crippen LogP contribution in [0.1, 0.15) is 18.5 Å². The smallest absolute Gasteiger partial charge is 0.380 e. The average molecular weight is 300 g/mol. The van der Waals surface area contributed by atoms with Gasteiger partial charge in [0.25, 0.3) is 0 Å². The van der Waals surface area contributed by atoms with Crippen molar-refractivity contribution >= 4 is 5.65 Å². The van der Waals surface area contributed by atoms with Crippen molar-refractivity contribution in [3.63, 3.8) is 0 Å². The second-order valence-corrected chi connectivity index (χ2v) is 5.36. The van der Waals surface area contributed by atoms with E-state index in [1.807, 2.05) is 9.30 Å². The molecule has 0 spiro atoms. The summed E-state index contributed by atoms with van der Waals surface area (Å²) < 4.78 is 40.1. The molecule has 1 aliphatic rings. The van der Waals surface area contributed by atoms with E-state index in [4.69, 9.17) is 0 Å². The van der Waals surface area contributed by atoms with Gasteiger partial charge in [-0.05, 0) is 12.8 Å². The van der Waals surface area contributed by atoms with Gasteiger partial charge in [-0.1, -0.05) is 0 Å². The SMILES string of the molecule is OC1(C(F)(F)F)CCN(Cc2cnc3cnccn23)CC1. The highest BCUT2D eigenvalue weighted by molar-refractivity contribution is 5.36. The van der Waals surface area contributed by atoms with Crippen LogP contribution in [0.2, 0.25) is 0 Å². The maximum atomic E-state index is 12.7. The third kappa shape index (κ3) is 2.60. The van der Waals surface area contributed by atoms with E-state index in [0.29, 0.717) is 12.2 Å². The Kier molecular flexibility index (Phi) is 3.37. The molecule has 0 aliphatic carbocycles. The van der Waals surface area contributed by atoms with Crippen molar-refractivity contribution in [2.75, 3.05) is 13.1 Å². The maximum absolute atomic E-state index is 12.7. The summed E-state index contributed by atoms with van der Waals surface area (Å²) in [7, 11) is 0. The molecule has 1 fully saturated rings. The molecular weight excluding hydrogens is 285 g/mol. The fraction of sp³-hybridized carbons (Fsp3) is 0.538. The number of aliphatic hydroxyl groups is 1. The van der Waals surface area contributed by atoms with E-state index in [0.717, 1.165) is 5.69 Å². The van der Waals surface area contributed by atoms with Gasteiger partial charge in [-0.2, -0.15) is 13.2 Å².